The molecule has 3 amide bonds. The van der Waals surface area contributed by atoms with Crippen LogP contribution in [0.4, 0.5) is 0 Å². The van der Waals surface area contributed by atoms with E-state index in [0.29, 0.717) is 56.1 Å². The first-order valence-electron chi connectivity index (χ1n) is 11.0. The van der Waals surface area contributed by atoms with Crippen molar-refractivity contribution in [2.75, 3.05) is 33.3 Å². The van der Waals surface area contributed by atoms with Crippen LogP contribution in [0.3, 0.4) is 0 Å². The fourth-order valence-corrected chi connectivity index (χ4v) is 4.09. The van der Waals surface area contributed by atoms with Crippen LogP contribution in [0.25, 0.3) is 0 Å². The molecular formula is C24H31N3O5. The first-order chi connectivity index (χ1) is 15.5. The summed E-state index contributed by atoms with van der Waals surface area (Å²) in [4.78, 5) is 42.3. The molecule has 0 spiro atoms. The predicted molar refractivity (Wildman–Crippen MR) is 120 cm³/mol. The van der Waals surface area contributed by atoms with Crippen molar-refractivity contribution >= 4 is 17.7 Å². The van der Waals surface area contributed by atoms with Crippen LogP contribution >= 0.6 is 0 Å². The summed E-state index contributed by atoms with van der Waals surface area (Å²) >= 11 is 0. The number of amides is 3. The highest BCUT2D eigenvalue weighted by atomic mass is 16.5. The molecule has 172 valence electrons. The van der Waals surface area contributed by atoms with Gasteiger partial charge in [0.1, 0.15) is 11.8 Å². The van der Waals surface area contributed by atoms with Crippen LogP contribution in [-0.4, -0.2) is 66.9 Å². The highest BCUT2D eigenvalue weighted by Crippen LogP contribution is 2.24. The van der Waals surface area contributed by atoms with Gasteiger partial charge in [-0.05, 0) is 62.9 Å². The molecule has 1 atom stereocenters. The Morgan fingerprint density at radius 2 is 1.88 bits per heavy atom. The first-order valence-corrected chi connectivity index (χ1v) is 11.0. The highest BCUT2D eigenvalue weighted by Gasteiger charge is 2.36. The smallest absolute Gasteiger partial charge is 0.289 e. The number of piperidine rings is 1. The van der Waals surface area contributed by atoms with E-state index in [9.17, 15) is 14.4 Å². The average Bonchev–Trinajstić information content (AvgIpc) is 3.38. The van der Waals surface area contributed by atoms with E-state index in [0.717, 1.165) is 0 Å². The van der Waals surface area contributed by atoms with Gasteiger partial charge < -0.3 is 24.3 Å². The summed E-state index contributed by atoms with van der Waals surface area (Å²) < 4.78 is 10.4. The van der Waals surface area contributed by atoms with Crippen molar-refractivity contribution in [2.24, 2.45) is 5.92 Å². The van der Waals surface area contributed by atoms with Crippen LogP contribution in [0.2, 0.25) is 0 Å². The van der Waals surface area contributed by atoms with Gasteiger partial charge in [0.15, 0.2) is 5.76 Å². The Bertz CT molecular complexity index is 915. The first kappa shape index (κ1) is 23.4. The standard InChI is InChI=1S/C24H31N3O5/c1-4-26(5-2)24(30)21(25-22(28)18-8-6-9-19(16-18)31-3)17-11-13-27(14-12-17)23(29)20-10-7-15-32-20/h6-10,15-17,21H,4-5,11-14H2,1-3H3,(H,25,28)/t21-/m1/s1. The van der Waals surface area contributed by atoms with E-state index in [-0.39, 0.29) is 23.6 Å². The van der Waals surface area contributed by atoms with Crippen LogP contribution in [0.5, 0.6) is 5.75 Å². The number of ether oxygens (including phenoxy) is 1. The number of hydrogen-bond donors (Lipinski definition) is 1. The molecule has 1 aliphatic rings. The molecule has 2 aromatic rings. The van der Waals surface area contributed by atoms with Crippen LogP contribution in [0.1, 0.15) is 47.6 Å². The van der Waals surface area contributed by atoms with Crippen molar-refractivity contribution in [3.8, 4) is 5.75 Å². The minimum atomic E-state index is -0.658. The number of carbonyl (C=O) groups is 3. The second-order valence-corrected chi connectivity index (χ2v) is 7.80. The third kappa shape index (κ3) is 5.30. The van der Waals surface area contributed by atoms with E-state index in [2.05, 4.69) is 5.32 Å². The maximum atomic E-state index is 13.3. The van der Waals surface area contributed by atoms with Crippen molar-refractivity contribution in [1.29, 1.82) is 0 Å². The van der Waals surface area contributed by atoms with Gasteiger partial charge in [0, 0.05) is 31.7 Å². The van der Waals surface area contributed by atoms with Gasteiger partial charge in [-0.3, -0.25) is 14.4 Å². The molecule has 0 aliphatic carbocycles. The minimum absolute atomic E-state index is 0.0710. The van der Waals surface area contributed by atoms with Crippen LogP contribution in [0, 0.1) is 5.92 Å². The number of likely N-dealkylation sites (tertiary alicyclic amines) is 1. The molecule has 0 unspecified atom stereocenters. The number of rotatable bonds is 8. The maximum absolute atomic E-state index is 13.3. The summed E-state index contributed by atoms with van der Waals surface area (Å²) in [5, 5.41) is 2.97. The van der Waals surface area contributed by atoms with Crippen LogP contribution in [0.15, 0.2) is 47.1 Å². The van der Waals surface area contributed by atoms with E-state index in [1.807, 2.05) is 13.8 Å². The molecule has 8 heteroatoms. The lowest BCUT2D eigenvalue weighted by Crippen LogP contribution is -2.54. The lowest BCUT2D eigenvalue weighted by Gasteiger charge is -2.37. The molecule has 0 saturated carbocycles. The topological polar surface area (TPSA) is 92.1 Å². The van der Waals surface area contributed by atoms with Gasteiger partial charge in [-0.2, -0.15) is 0 Å². The Morgan fingerprint density at radius 1 is 1.16 bits per heavy atom. The summed E-state index contributed by atoms with van der Waals surface area (Å²) in [7, 11) is 1.54. The van der Waals surface area contributed by atoms with E-state index in [1.165, 1.54) is 6.26 Å². The van der Waals surface area contributed by atoms with Gasteiger partial charge in [0.25, 0.3) is 11.8 Å². The van der Waals surface area contributed by atoms with E-state index in [1.54, 1.807) is 53.3 Å². The second-order valence-electron chi connectivity index (χ2n) is 7.80. The summed E-state index contributed by atoms with van der Waals surface area (Å²) in [6.45, 7) is 5.98. The molecule has 3 rings (SSSR count). The van der Waals surface area contributed by atoms with E-state index >= 15 is 0 Å². The number of hydrogen-bond acceptors (Lipinski definition) is 5. The summed E-state index contributed by atoms with van der Waals surface area (Å²) in [6, 6.07) is 9.53. The lowest BCUT2D eigenvalue weighted by atomic mass is 9.88. The number of nitrogens with zero attached hydrogens (tertiary/aromatic N) is 2. The van der Waals surface area contributed by atoms with Crippen molar-refractivity contribution in [1.82, 2.24) is 15.1 Å². The van der Waals surface area contributed by atoms with Crippen molar-refractivity contribution in [3.05, 3.63) is 54.0 Å². The molecule has 1 aromatic heterocycles. The molecule has 32 heavy (non-hydrogen) atoms. The van der Waals surface area contributed by atoms with E-state index in [4.69, 9.17) is 9.15 Å². The average molecular weight is 442 g/mol. The Hall–Kier alpha value is -3.29. The Kier molecular flexibility index (Phi) is 7.92. The third-order valence-electron chi connectivity index (χ3n) is 5.99. The van der Waals surface area contributed by atoms with Gasteiger partial charge in [-0.1, -0.05) is 6.07 Å². The van der Waals surface area contributed by atoms with Crippen molar-refractivity contribution in [3.63, 3.8) is 0 Å². The quantitative estimate of drug-likeness (QED) is 0.680. The van der Waals surface area contributed by atoms with Gasteiger partial charge in [-0.15, -0.1) is 0 Å². The number of carbonyl (C=O) groups excluding carboxylic acids is 3. The largest absolute Gasteiger partial charge is 0.497 e. The Labute approximate surface area is 188 Å². The number of methoxy groups -OCH3 is 1. The summed E-state index contributed by atoms with van der Waals surface area (Å²) in [5.74, 6) is 0.254. The zero-order valence-electron chi connectivity index (χ0n) is 18.9. The number of benzene rings is 1. The Morgan fingerprint density at radius 3 is 2.47 bits per heavy atom. The highest BCUT2D eigenvalue weighted by molar-refractivity contribution is 5.98. The number of furan rings is 1. The zero-order chi connectivity index (χ0) is 23.1. The lowest BCUT2D eigenvalue weighted by molar-refractivity contribution is -0.134. The predicted octanol–water partition coefficient (Wildman–Crippen LogP) is 2.81. The van der Waals surface area contributed by atoms with Crippen LogP contribution in [-0.2, 0) is 4.79 Å². The van der Waals surface area contributed by atoms with Crippen molar-refractivity contribution < 1.29 is 23.5 Å². The normalized spacial score (nSPS) is 15.2. The van der Waals surface area contributed by atoms with Crippen LogP contribution < -0.4 is 10.1 Å². The minimum Gasteiger partial charge on any atom is -0.497 e. The molecule has 1 saturated heterocycles. The monoisotopic (exact) mass is 441 g/mol. The molecule has 1 aromatic carbocycles. The van der Waals surface area contributed by atoms with Gasteiger partial charge in [0.2, 0.25) is 5.91 Å². The molecule has 1 fully saturated rings. The summed E-state index contributed by atoms with van der Waals surface area (Å²) in [6.07, 6.45) is 2.71. The maximum Gasteiger partial charge on any atom is 0.289 e. The van der Waals surface area contributed by atoms with E-state index < -0.39 is 6.04 Å². The van der Waals surface area contributed by atoms with Gasteiger partial charge in [-0.25, -0.2) is 0 Å². The molecule has 1 aliphatic heterocycles. The number of likely N-dealkylation sites (N-methyl/N-ethyl adjacent to an activating group) is 1. The summed E-state index contributed by atoms with van der Waals surface area (Å²) in [5.41, 5.74) is 0.437. The Balaban J connectivity index is 1.73. The zero-order valence-corrected chi connectivity index (χ0v) is 18.9. The number of nitrogens with one attached hydrogen (secondary N) is 1. The fourth-order valence-electron chi connectivity index (χ4n) is 4.09. The molecule has 2 heterocycles. The SMILES string of the molecule is CCN(CC)C(=O)[C@H](NC(=O)c1cccc(OC)c1)C1CCN(C(=O)c2ccco2)CC1. The molecule has 1 N–H and O–H groups in total. The fraction of sp³-hybridized carbons (Fsp3) is 0.458. The second kappa shape index (κ2) is 10.8. The molecule has 0 bridgehead atoms. The van der Waals surface area contributed by atoms with Gasteiger partial charge >= 0.3 is 0 Å². The third-order valence-corrected chi connectivity index (χ3v) is 5.99. The molecular weight excluding hydrogens is 410 g/mol. The molecule has 0 radical (unpaired) electrons. The van der Waals surface area contributed by atoms with Crippen molar-refractivity contribution in [2.45, 2.75) is 32.7 Å². The van der Waals surface area contributed by atoms with Gasteiger partial charge in [0.05, 0.1) is 13.4 Å². The molecule has 8 nitrogen and oxygen atoms in total.